The minimum atomic E-state index is -0.393. The Bertz CT molecular complexity index is 656. The first-order valence-electron chi connectivity index (χ1n) is 5.70. The maximum absolute atomic E-state index is 12.0. The molecule has 1 N–H and O–H groups in total. The molecule has 100 valence electrons. The predicted octanol–water partition coefficient (Wildman–Crippen LogP) is 1.76. The van der Waals surface area contributed by atoms with Gasteiger partial charge in [-0.25, -0.2) is 4.79 Å². The molecule has 5 nitrogen and oxygen atoms in total. The first kappa shape index (κ1) is 13.6. The number of rotatable bonds is 4. The van der Waals surface area contributed by atoms with E-state index < -0.39 is 5.69 Å². The van der Waals surface area contributed by atoms with E-state index in [-0.39, 0.29) is 18.2 Å². The van der Waals surface area contributed by atoms with Gasteiger partial charge in [0.25, 0.3) is 0 Å². The van der Waals surface area contributed by atoms with E-state index in [1.165, 1.54) is 17.7 Å². The average molecular weight is 325 g/mol. The maximum atomic E-state index is 12.0. The summed E-state index contributed by atoms with van der Waals surface area (Å²) in [5, 5.41) is 9.67. The molecule has 1 aromatic carbocycles. The number of aromatic nitrogens is 2. The molecule has 0 fully saturated rings. The molecule has 0 unspecified atom stereocenters. The molecule has 1 heterocycles. The fourth-order valence-corrected chi connectivity index (χ4v) is 2.05. The molecule has 0 bridgehead atoms. The Balaban J connectivity index is 2.29. The van der Waals surface area contributed by atoms with E-state index in [1.54, 1.807) is 0 Å². The summed E-state index contributed by atoms with van der Waals surface area (Å²) in [5.41, 5.74) is 0.542. The molecule has 0 aliphatic heterocycles. The molecule has 6 heteroatoms. The van der Waals surface area contributed by atoms with Gasteiger partial charge in [0.15, 0.2) is 0 Å². The van der Waals surface area contributed by atoms with Crippen molar-refractivity contribution in [2.45, 2.75) is 20.0 Å². The molecule has 1 aromatic heterocycles. The van der Waals surface area contributed by atoms with E-state index in [4.69, 9.17) is 0 Å². The van der Waals surface area contributed by atoms with Crippen molar-refractivity contribution >= 4 is 21.7 Å². The number of nitrogens with zero attached hydrogens (tertiary/aromatic N) is 2. The summed E-state index contributed by atoms with van der Waals surface area (Å²) in [6.07, 6.45) is 1.34. The lowest BCUT2D eigenvalue weighted by atomic mass is 10.2. The second-order valence-corrected chi connectivity index (χ2v) is 5.23. The first-order chi connectivity index (χ1) is 8.97. The van der Waals surface area contributed by atoms with Crippen molar-refractivity contribution < 1.29 is 9.90 Å². The lowest BCUT2D eigenvalue weighted by molar-refractivity contribution is -0.117. The van der Waals surface area contributed by atoms with Crippen LogP contribution >= 0.6 is 15.9 Å². The first-order valence-corrected chi connectivity index (χ1v) is 6.49. The smallest absolute Gasteiger partial charge is 0.331 e. The van der Waals surface area contributed by atoms with E-state index in [0.717, 1.165) is 14.6 Å². The van der Waals surface area contributed by atoms with Gasteiger partial charge in [0.2, 0.25) is 5.88 Å². The summed E-state index contributed by atoms with van der Waals surface area (Å²) >= 11 is 3.34. The molecular weight excluding hydrogens is 312 g/mol. The lowest BCUT2D eigenvalue weighted by Gasteiger charge is -2.02. The van der Waals surface area contributed by atoms with Crippen molar-refractivity contribution in [2.75, 3.05) is 0 Å². The van der Waals surface area contributed by atoms with Crippen LogP contribution in [0, 0.1) is 0 Å². The number of carbonyl (C=O) groups excluding carboxylic acids is 1. The Morgan fingerprint density at radius 3 is 2.53 bits per heavy atom. The summed E-state index contributed by atoms with van der Waals surface area (Å²) < 4.78 is 3.39. The van der Waals surface area contributed by atoms with E-state index >= 15 is 0 Å². The van der Waals surface area contributed by atoms with Crippen LogP contribution in [0.5, 0.6) is 5.88 Å². The van der Waals surface area contributed by atoms with Crippen LogP contribution in [0.1, 0.15) is 12.5 Å². The van der Waals surface area contributed by atoms with Crippen LogP contribution in [0.15, 0.2) is 39.7 Å². The van der Waals surface area contributed by atoms with Gasteiger partial charge in [-0.2, -0.15) is 0 Å². The van der Waals surface area contributed by atoms with Crippen molar-refractivity contribution in [3.05, 3.63) is 51.0 Å². The molecule has 0 atom stereocenters. The average Bonchev–Trinajstić information content (AvgIpc) is 2.60. The Hall–Kier alpha value is -1.82. The molecule has 0 amide bonds. The highest BCUT2D eigenvalue weighted by molar-refractivity contribution is 9.10. The van der Waals surface area contributed by atoms with Crippen LogP contribution in [0.4, 0.5) is 0 Å². The monoisotopic (exact) mass is 324 g/mol. The molecule has 0 aliphatic carbocycles. The third kappa shape index (κ3) is 3.14. The van der Waals surface area contributed by atoms with Crippen molar-refractivity contribution in [2.24, 2.45) is 0 Å². The molecule has 2 rings (SSSR count). The molecule has 0 aliphatic rings. The number of hydrogen-bond donors (Lipinski definition) is 1. The fraction of sp³-hybridized carbons (Fsp3) is 0.231. The SMILES string of the molecule is CC(=O)Cn1c(O)cn(Cc2ccc(Br)cc2)c1=O. The molecule has 0 radical (unpaired) electrons. The predicted molar refractivity (Wildman–Crippen MR) is 74.3 cm³/mol. The Morgan fingerprint density at radius 1 is 1.32 bits per heavy atom. The van der Waals surface area contributed by atoms with E-state index in [0.29, 0.717) is 6.54 Å². The highest BCUT2D eigenvalue weighted by Crippen LogP contribution is 2.12. The topological polar surface area (TPSA) is 64.2 Å². The van der Waals surface area contributed by atoms with Gasteiger partial charge in [-0.15, -0.1) is 0 Å². The van der Waals surface area contributed by atoms with Crippen molar-refractivity contribution in [1.82, 2.24) is 9.13 Å². The van der Waals surface area contributed by atoms with E-state index in [9.17, 15) is 14.7 Å². The largest absolute Gasteiger partial charge is 0.493 e. The van der Waals surface area contributed by atoms with E-state index in [2.05, 4.69) is 15.9 Å². The van der Waals surface area contributed by atoms with Crippen LogP contribution in [-0.4, -0.2) is 20.0 Å². The molecule has 19 heavy (non-hydrogen) atoms. The number of carbonyl (C=O) groups is 1. The van der Waals surface area contributed by atoms with Gasteiger partial charge >= 0.3 is 5.69 Å². The Labute approximate surface area is 118 Å². The second-order valence-electron chi connectivity index (χ2n) is 4.31. The molecular formula is C13H13BrN2O3. The van der Waals surface area contributed by atoms with Crippen LogP contribution in [0.25, 0.3) is 0 Å². The number of ketones is 1. The Kier molecular flexibility index (Phi) is 3.90. The molecule has 0 saturated carbocycles. The van der Waals surface area contributed by atoms with Crippen LogP contribution in [0.3, 0.4) is 0 Å². The van der Waals surface area contributed by atoms with E-state index in [1.807, 2.05) is 24.3 Å². The number of halogens is 1. The van der Waals surface area contributed by atoms with Gasteiger partial charge in [-0.05, 0) is 24.6 Å². The Morgan fingerprint density at radius 2 is 1.95 bits per heavy atom. The number of imidazole rings is 1. The van der Waals surface area contributed by atoms with Gasteiger partial charge in [-0.3, -0.25) is 13.9 Å². The third-order valence-corrected chi connectivity index (χ3v) is 3.20. The summed E-state index contributed by atoms with van der Waals surface area (Å²) in [4.78, 5) is 23.0. The third-order valence-electron chi connectivity index (χ3n) is 2.67. The quantitative estimate of drug-likeness (QED) is 0.932. The molecule has 2 aromatic rings. The van der Waals surface area contributed by atoms with Crippen molar-refractivity contribution in [3.63, 3.8) is 0 Å². The lowest BCUT2D eigenvalue weighted by Crippen LogP contribution is -2.26. The number of hydrogen-bond acceptors (Lipinski definition) is 3. The minimum absolute atomic E-state index is 0.113. The van der Waals surface area contributed by atoms with Gasteiger partial charge in [0, 0.05) is 4.47 Å². The zero-order valence-electron chi connectivity index (χ0n) is 10.3. The van der Waals surface area contributed by atoms with Gasteiger partial charge < -0.3 is 5.11 Å². The van der Waals surface area contributed by atoms with Crippen LogP contribution < -0.4 is 5.69 Å². The fourth-order valence-electron chi connectivity index (χ4n) is 1.79. The number of aromatic hydroxyl groups is 1. The van der Waals surface area contributed by atoms with Gasteiger partial charge in [0.05, 0.1) is 19.3 Å². The zero-order chi connectivity index (χ0) is 14.0. The van der Waals surface area contributed by atoms with Gasteiger partial charge in [0.1, 0.15) is 5.78 Å². The highest BCUT2D eigenvalue weighted by atomic mass is 79.9. The molecule has 0 spiro atoms. The minimum Gasteiger partial charge on any atom is -0.493 e. The maximum Gasteiger partial charge on any atom is 0.331 e. The summed E-state index contributed by atoms with van der Waals surface area (Å²) in [5.74, 6) is -0.379. The standard InChI is InChI=1S/C13H13BrN2O3/c1-9(17)6-16-12(18)8-15(13(16)19)7-10-2-4-11(14)5-3-10/h2-5,8,18H,6-7H2,1H3. The van der Waals surface area contributed by atoms with Crippen LogP contribution in [-0.2, 0) is 17.9 Å². The highest BCUT2D eigenvalue weighted by Gasteiger charge is 2.11. The number of benzene rings is 1. The summed E-state index contributed by atoms with van der Waals surface area (Å²) in [6.45, 7) is 1.61. The van der Waals surface area contributed by atoms with Crippen LogP contribution in [0.2, 0.25) is 0 Å². The number of Topliss-reactive ketones (excluding diaryl/α,β-unsaturated/α-hetero) is 1. The summed E-state index contributed by atoms with van der Waals surface area (Å²) in [7, 11) is 0. The van der Waals surface area contributed by atoms with Gasteiger partial charge in [-0.1, -0.05) is 28.1 Å². The van der Waals surface area contributed by atoms with Crippen molar-refractivity contribution in [3.8, 4) is 5.88 Å². The van der Waals surface area contributed by atoms with Crippen molar-refractivity contribution in [1.29, 1.82) is 0 Å². The normalized spacial score (nSPS) is 10.6. The second kappa shape index (κ2) is 5.44. The summed E-state index contributed by atoms with van der Waals surface area (Å²) in [6, 6.07) is 7.53. The molecule has 0 saturated heterocycles. The zero-order valence-corrected chi connectivity index (χ0v) is 11.9.